The Morgan fingerprint density at radius 2 is 1.88 bits per heavy atom. The summed E-state index contributed by atoms with van der Waals surface area (Å²) < 4.78 is 0. The monoisotopic (exact) mass is 343 g/mol. The molecule has 1 N–H and O–H groups in total. The minimum absolute atomic E-state index is 0.123. The summed E-state index contributed by atoms with van der Waals surface area (Å²) in [5, 5.41) is 13.2. The van der Waals surface area contributed by atoms with E-state index in [4.69, 9.17) is 0 Å². The summed E-state index contributed by atoms with van der Waals surface area (Å²) in [5.74, 6) is -0.317. The molecule has 1 aromatic heterocycles. The highest BCUT2D eigenvalue weighted by molar-refractivity contribution is 7.08. The number of carboxylic acids is 1. The quantitative estimate of drug-likeness (QED) is 0.917. The fraction of sp³-hybridized carbons (Fsp3) is 0.368. The van der Waals surface area contributed by atoms with Crippen molar-refractivity contribution in [1.82, 2.24) is 4.90 Å². The van der Waals surface area contributed by atoms with Gasteiger partial charge in [-0.15, -0.1) is 0 Å². The van der Waals surface area contributed by atoms with Gasteiger partial charge in [-0.25, -0.2) is 4.79 Å². The van der Waals surface area contributed by atoms with Gasteiger partial charge in [-0.1, -0.05) is 18.2 Å². The maximum atomic E-state index is 12.5. The van der Waals surface area contributed by atoms with E-state index in [1.165, 1.54) is 0 Å². The number of aryl methyl sites for hydroxylation is 1. The number of carbonyl (C=O) groups is 2. The van der Waals surface area contributed by atoms with Gasteiger partial charge in [-0.3, -0.25) is 4.79 Å². The molecule has 1 aliphatic rings. The van der Waals surface area contributed by atoms with Crippen LogP contribution < -0.4 is 0 Å². The Kier molecular flexibility index (Phi) is 5.00. The third kappa shape index (κ3) is 3.51. The van der Waals surface area contributed by atoms with Crippen LogP contribution in [0.4, 0.5) is 0 Å². The Morgan fingerprint density at radius 3 is 2.50 bits per heavy atom. The highest BCUT2D eigenvalue weighted by atomic mass is 32.1. The number of piperidine rings is 1. The summed E-state index contributed by atoms with van der Waals surface area (Å²) in [5.41, 5.74) is 3.14. The van der Waals surface area contributed by atoms with Gasteiger partial charge in [0.25, 0.3) is 5.91 Å². The molecule has 1 aromatic carbocycles. The summed E-state index contributed by atoms with van der Waals surface area (Å²) in [6.45, 7) is 3.46. The number of aromatic carboxylic acids is 1. The van der Waals surface area contributed by atoms with Gasteiger partial charge in [0.15, 0.2) is 0 Å². The lowest BCUT2D eigenvalue weighted by molar-refractivity contribution is 0.0690. The number of benzene rings is 1. The number of thiophene rings is 1. The Hall–Kier alpha value is -2.14. The molecular weight excluding hydrogens is 322 g/mol. The van der Waals surface area contributed by atoms with Crippen molar-refractivity contribution in [2.75, 3.05) is 13.1 Å². The van der Waals surface area contributed by atoms with E-state index in [1.54, 1.807) is 23.5 Å². The summed E-state index contributed by atoms with van der Waals surface area (Å²) in [6, 6.07) is 7.21. The minimum atomic E-state index is -0.869. The van der Waals surface area contributed by atoms with Crippen LogP contribution in [0, 0.1) is 12.8 Å². The van der Waals surface area contributed by atoms with Crippen molar-refractivity contribution in [3.63, 3.8) is 0 Å². The van der Waals surface area contributed by atoms with E-state index in [0.717, 1.165) is 49.0 Å². The third-order valence-corrected chi connectivity index (χ3v) is 5.61. The first-order valence-corrected chi connectivity index (χ1v) is 9.14. The van der Waals surface area contributed by atoms with Crippen molar-refractivity contribution in [3.05, 3.63) is 57.3 Å². The maximum absolute atomic E-state index is 12.5. The molecule has 0 spiro atoms. The van der Waals surface area contributed by atoms with Crippen LogP contribution in [-0.4, -0.2) is 35.0 Å². The Bertz CT molecular complexity index is 745. The van der Waals surface area contributed by atoms with E-state index in [9.17, 15) is 14.7 Å². The number of amides is 1. The van der Waals surface area contributed by atoms with Crippen LogP contribution in [0.3, 0.4) is 0 Å². The molecule has 0 saturated carbocycles. The highest BCUT2D eigenvalue weighted by Crippen LogP contribution is 2.25. The molecular formula is C19H21NO3S. The van der Waals surface area contributed by atoms with Crippen LogP contribution in [0.25, 0.3) is 0 Å². The molecule has 126 valence electrons. The van der Waals surface area contributed by atoms with Gasteiger partial charge in [-0.2, -0.15) is 11.3 Å². The van der Waals surface area contributed by atoms with Crippen LogP contribution in [0.1, 0.15) is 44.7 Å². The largest absolute Gasteiger partial charge is 0.478 e. The van der Waals surface area contributed by atoms with E-state index < -0.39 is 5.97 Å². The second-order valence-electron chi connectivity index (χ2n) is 6.37. The van der Waals surface area contributed by atoms with Crippen molar-refractivity contribution >= 4 is 23.2 Å². The molecule has 0 aliphatic carbocycles. The maximum Gasteiger partial charge on any atom is 0.335 e. The highest BCUT2D eigenvalue weighted by Gasteiger charge is 2.25. The zero-order chi connectivity index (χ0) is 17.1. The first-order valence-electron chi connectivity index (χ1n) is 8.19. The first kappa shape index (κ1) is 16.7. The van der Waals surface area contributed by atoms with Gasteiger partial charge in [0, 0.05) is 18.5 Å². The summed E-state index contributed by atoms with van der Waals surface area (Å²) in [6.07, 6.45) is 2.60. The molecule has 2 aromatic rings. The lowest BCUT2D eigenvalue weighted by atomic mass is 9.88. The predicted octanol–water partition coefficient (Wildman–Crippen LogP) is 3.85. The minimum Gasteiger partial charge on any atom is -0.478 e. The molecule has 0 atom stereocenters. The standard InChI is InChI=1S/C19H21NO3S/c1-13-11-24-12-17(13)18(21)20-8-6-14(7-9-20)10-15-4-2-3-5-16(15)19(22)23/h2-5,11-12,14H,6-10H2,1H3,(H,22,23). The number of hydrogen-bond acceptors (Lipinski definition) is 3. The zero-order valence-electron chi connectivity index (χ0n) is 13.7. The van der Waals surface area contributed by atoms with Gasteiger partial charge < -0.3 is 10.0 Å². The van der Waals surface area contributed by atoms with Gasteiger partial charge in [0.1, 0.15) is 0 Å². The Morgan fingerprint density at radius 1 is 1.17 bits per heavy atom. The average molecular weight is 343 g/mol. The molecule has 1 amide bonds. The molecule has 1 saturated heterocycles. The van der Waals surface area contributed by atoms with Crippen molar-refractivity contribution in [3.8, 4) is 0 Å². The molecule has 3 rings (SSSR count). The van der Waals surface area contributed by atoms with Crippen LogP contribution in [-0.2, 0) is 6.42 Å². The summed E-state index contributed by atoms with van der Waals surface area (Å²) in [4.78, 5) is 25.8. The number of hydrogen-bond donors (Lipinski definition) is 1. The molecule has 0 bridgehead atoms. The van der Waals surface area contributed by atoms with E-state index in [-0.39, 0.29) is 5.91 Å². The van der Waals surface area contributed by atoms with Crippen molar-refractivity contribution < 1.29 is 14.7 Å². The van der Waals surface area contributed by atoms with Gasteiger partial charge >= 0.3 is 5.97 Å². The van der Waals surface area contributed by atoms with Gasteiger partial charge in [0.2, 0.25) is 0 Å². The molecule has 4 nitrogen and oxygen atoms in total. The van der Waals surface area contributed by atoms with Crippen molar-refractivity contribution in [1.29, 1.82) is 0 Å². The van der Waals surface area contributed by atoms with Crippen LogP contribution in [0.2, 0.25) is 0 Å². The number of carbonyl (C=O) groups excluding carboxylic acids is 1. The third-order valence-electron chi connectivity index (χ3n) is 4.74. The number of likely N-dealkylation sites (tertiary alicyclic amines) is 1. The fourth-order valence-corrected chi connectivity index (χ4v) is 4.13. The van der Waals surface area contributed by atoms with E-state index in [1.807, 2.05) is 34.7 Å². The number of rotatable bonds is 4. The SMILES string of the molecule is Cc1cscc1C(=O)N1CCC(Cc2ccccc2C(=O)O)CC1. The van der Waals surface area contributed by atoms with Crippen molar-refractivity contribution in [2.24, 2.45) is 5.92 Å². The second kappa shape index (κ2) is 7.18. The molecule has 2 heterocycles. The van der Waals surface area contributed by atoms with Gasteiger partial charge in [-0.05, 0) is 54.7 Å². The first-order chi connectivity index (χ1) is 11.6. The normalized spacial score (nSPS) is 15.5. The Labute approximate surface area is 145 Å². The molecule has 0 radical (unpaired) electrons. The van der Waals surface area contributed by atoms with Crippen LogP contribution in [0.5, 0.6) is 0 Å². The smallest absolute Gasteiger partial charge is 0.335 e. The van der Waals surface area contributed by atoms with Crippen LogP contribution >= 0.6 is 11.3 Å². The Balaban J connectivity index is 1.61. The molecule has 0 unspecified atom stereocenters. The van der Waals surface area contributed by atoms with Crippen LogP contribution in [0.15, 0.2) is 35.0 Å². The predicted molar refractivity (Wildman–Crippen MR) is 94.8 cm³/mol. The topological polar surface area (TPSA) is 57.6 Å². The lowest BCUT2D eigenvalue weighted by Crippen LogP contribution is -2.39. The summed E-state index contributed by atoms with van der Waals surface area (Å²) in [7, 11) is 0. The average Bonchev–Trinajstić information content (AvgIpc) is 3.01. The lowest BCUT2D eigenvalue weighted by Gasteiger charge is -2.32. The van der Waals surface area contributed by atoms with E-state index in [2.05, 4.69) is 0 Å². The van der Waals surface area contributed by atoms with E-state index >= 15 is 0 Å². The number of nitrogens with zero attached hydrogens (tertiary/aromatic N) is 1. The molecule has 1 aliphatic heterocycles. The second-order valence-corrected chi connectivity index (χ2v) is 7.11. The molecule has 5 heteroatoms. The summed E-state index contributed by atoms with van der Waals surface area (Å²) >= 11 is 1.56. The zero-order valence-corrected chi connectivity index (χ0v) is 14.5. The van der Waals surface area contributed by atoms with Gasteiger partial charge in [0.05, 0.1) is 11.1 Å². The number of carboxylic acid groups (broad SMARTS) is 1. The molecule has 24 heavy (non-hydrogen) atoms. The van der Waals surface area contributed by atoms with Crippen molar-refractivity contribution in [2.45, 2.75) is 26.2 Å². The fourth-order valence-electron chi connectivity index (χ4n) is 3.31. The van der Waals surface area contributed by atoms with E-state index in [0.29, 0.717) is 11.5 Å². The molecule has 1 fully saturated rings.